The van der Waals surface area contributed by atoms with Crippen LogP contribution >= 0.6 is 0 Å². The van der Waals surface area contributed by atoms with Crippen LogP contribution in [0.5, 0.6) is 11.5 Å². The van der Waals surface area contributed by atoms with Crippen molar-refractivity contribution in [2.45, 2.75) is 19.1 Å². The molecule has 0 radical (unpaired) electrons. The molecule has 0 saturated heterocycles. The van der Waals surface area contributed by atoms with E-state index in [0.29, 0.717) is 17.7 Å². The van der Waals surface area contributed by atoms with E-state index in [1.54, 1.807) is 19.2 Å². The number of nitrogens with zero attached hydrogens (tertiary/aromatic N) is 3. The maximum atomic E-state index is 13.2. The standard InChI is InChI=1S/C24H19F3N4O4/c1-35-19-8-3-2-5-14(19)11-12-31-13-28-15-6-4-7-16(20(15)23(31)34)30-22(33)17-9-10-18(32)21(29-17)24(25,26)27/h2-10,13,32H,11-12H2,1H3,(H,30,33). The Bertz CT molecular complexity index is 1470. The highest BCUT2D eigenvalue weighted by Crippen LogP contribution is 2.34. The first kappa shape index (κ1) is 23.7. The number of rotatable bonds is 6. The molecular weight excluding hydrogens is 465 g/mol. The Labute approximate surface area is 196 Å². The number of amides is 1. The van der Waals surface area contributed by atoms with E-state index < -0.39 is 34.8 Å². The number of carbonyl (C=O) groups excluding carboxylic acids is 1. The number of alkyl halides is 3. The van der Waals surface area contributed by atoms with Gasteiger partial charge in [-0.25, -0.2) is 9.97 Å². The summed E-state index contributed by atoms with van der Waals surface area (Å²) < 4.78 is 45.9. The molecule has 0 aliphatic heterocycles. The Morgan fingerprint density at radius 1 is 1.11 bits per heavy atom. The number of aryl methyl sites for hydroxylation is 2. The van der Waals surface area contributed by atoms with Gasteiger partial charge in [-0.05, 0) is 42.3 Å². The van der Waals surface area contributed by atoms with E-state index in [1.807, 2.05) is 24.3 Å². The van der Waals surface area contributed by atoms with Gasteiger partial charge in [0.1, 0.15) is 17.2 Å². The van der Waals surface area contributed by atoms with E-state index in [-0.39, 0.29) is 17.6 Å². The number of aromatic hydroxyl groups is 1. The van der Waals surface area contributed by atoms with Gasteiger partial charge in [0.25, 0.3) is 11.5 Å². The predicted octanol–water partition coefficient (Wildman–Crippen LogP) is 4.02. The SMILES string of the molecule is COc1ccccc1CCn1cnc2cccc(NC(=O)c3ccc(O)c(C(F)(F)F)n3)c2c1=O. The summed E-state index contributed by atoms with van der Waals surface area (Å²) in [6, 6.07) is 13.6. The zero-order valence-corrected chi connectivity index (χ0v) is 18.3. The van der Waals surface area contributed by atoms with Crippen LogP contribution in [-0.4, -0.2) is 32.7 Å². The Morgan fingerprint density at radius 2 is 1.89 bits per heavy atom. The molecule has 180 valence electrons. The number of carbonyl (C=O) groups is 1. The third kappa shape index (κ3) is 4.93. The summed E-state index contributed by atoms with van der Waals surface area (Å²) in [6.45, 7) is 0.277. The number of nitrogens with one attached hydrogen (secondary N) is 1. The van der Waals surface area contributed by atoms with Gasteiger partial charge < -0.3 is 15.2 Å². The van der Waals surface area contributed by atoms with Crippen LogP contribution in [0.15, 0.2) is 65.7 Å². The average Bonchev–Trinajstić information content (AvgIpc) is 2.83. The number of fused-ring (bicyclic) bond motifs is 1. The number of hydrogen-bond donors (Lipinski definition) is 2. The summed E-state index contributed by atoms with van der Waals surface area (Å²) >= 11 is 0. The van der Waals surface area contributed by atoms with Crippen molar-refractivity contribution < 1.29 is 27.8 Å². The number of benzene rings is 2. The molecule has 0 bridgehead atoms. The Morgan fingerprint density at radius 3 is 2.63 bits per heavy atom. The second-order valence-corrected chi connectivity index (χ2v) is 7.52. The molecule has 0 saturated carbocycles. The van der Waals surface area contributed by atoms with Gasteiger partial charge in [-0.15, -0.1) is 0 Å². The fourth-order valence-corrected chi connectivity index (χ4v) is 3.59. The number of aromatic nitrogens is 3. The predicted molar refractivity (Wildman–Crippen MR) is 122 cm³/mol. The van der Waals surface area contributed by atoms with Crippen molar-refractivity contribution in [1.29, 1.82) is 0 Å². The first-order valence-corrected chi connectivity index (χ1v) is 10.4. The molecule has 8 nitrogen and oxygen atoms in total. The van der Waals surface area contributed by atoms with Crippen LogP contribution < -0.4 is 15.6 Å². The fraction of sp³-hybridized carbons (Fsp3) is 0.167. The second-order valence-electron chi connectivity index (χ2n) is 7.52. The lowest BCUT2D eigenvalue weighted by molar-refractivity contribution is -0.142. The molecule has 35 heavy (non-hydrogen) atoms. The van der Waals surface area contributed by atoms with Crippen molar-refractivity contribution in [3.8, 4) is 11.5 Å². The highest BCUT2D eigenvalue weighted by atomic mass is 19.4. The number of para-hydroxylation sites is 1. The van der Waals surface area contributed by atoms with Gasteiger partial charge in [-0.1, -0.05) is 24.3 Å². The van der Waals surface area contributed by atoms with E-state index >= 15 is 0 Å². The molecule has 0 aliphatic rings. The minimum atomic E-state index is -4.95. The third-order valence-electron chi connectivity index (χ3n) is 5.29. The van der Waals surface area contributed by atoms with Crippen molar-refractivity contribution in [1.82, 2.24) is 14.5 Å². The van der Waals surface area contributed by atoms with Gasteiger partial charge in [0.15, 0.2) is 5.69 Å². The maximum Gasteiger partial charge on any atom is 0.437 e. The molecule has 0 fully saturated rings. The minimum Gasteiger partial charge on any atom is -0.506 e. The topological polar surface area (TPSA) is 106 Å². The molecule has 2 aromatic heterocycles. The van der Waals surface area contributed by atoms with Crippen molar-refractivity contribution in [3.63, 3.8) is 0 Å². The molecule has 2 aromatic carbocycles. The van der Waals surface area contributed by atoms with Gasteiger partial charge in [0.2, 0.25) is 0 Å². The van der Waals surface area contributed by atoms with Crippen LogP contribution in [0.1, 0.15) is 21.7 Å². The lowest BCUT2D eigenvalue weighted by Gasteiger charge is -2.13. The molecule has 1 amide bonds. The summed E-state index contributed by atoms with van der Waals surface area (Å²) in [6.07, 6.45) is -3.08. The normalized spacial score (nSPS) is 11.4. The largest absolute Gasteiger partial charge is 0.506 e. The summed E-state index contributed by atoms with van der Waals surface area (Å²) in [7, 11) is 1.55. The maximum absolute atomic E-state index is 13.2. The molecular formula is C24H19F3N4O4. The van der Waals surface area contributed by atoms with Gasteiger partial charge in [-0.3, -0.25) is 14.2 Å². The lowest BCUT2D eigenvalue weighted by atomic mass is 10.1. The van der Waals surface area contributed by atoms with Crippen LogP contribution in [-0.2, 0) is 19.1 Å². The Kier molecular flexibility index (Phi) is 6.41. The summed E-state index contributed by atoms with van der Waals surface area (Å²) in [4.78, 5) is 33.4. The van der Waals surface area contributed by atoms with Crippen LogP contribution in [0.4, 0.5) is 18.9 Å². The molecule has 0 spiro atoms. The quantitative estimate of drug-likeness (QED) is 0.428. The minimum absolute atomic E-state index is 0.0695. The zero-order chi connectivity index (χ0) is 25.2. The van der Waals surface area contributed by atoms with Gasteiger partial charge in [-0.2, -0.15) is 13.2 Å². The molecule has 2 N–H and O–H groups in total. The summed E-state index contributed by atoms with van der Waals surface area (Å²) in [5.74, 6) is -1.39. The smallest absolute Gasteiger partial charge is 0.437 e. The molecule has 0 atom stereocenters. The van der Waals surface area contributed by atoms with Crippen molar-refractivity contribution in [2.24, 2.45) is 0 Å². The third-order valence-corrected chi connectivity index (χ3v) is 5.29. The van der Waals surface area contributed by atoms with Gasteiger partial charge >= 0.3 is 6.18 Å². The number of anilines is 1. The summed E-state index contributed by atoms with van der Waals surface area (Å²) in [5, 5.41) is 12.0. The van der Waals surface area contributed by atoms with Crippen LogP contribution in [0.2, 0.25) is 0 Å². The highest BCUT2D eigenvalue weighted by Gasteiger charge is 2.36. The van der Waals surface area contributed by atoms with Crippen LogP contribution in [0, 0.1) is 0 Å². The van der Waals surface area contributed by atoms with Gasteiger partial charge in [0, 0.05) is 6.54 Å². The zero-order valence-electron chi connectivity index (χ0n) is 18.3. The number of halogens is 3. The summed E-state index contributed by atoms with van der Waals surface area (Å²) in [5.41, 5.74) is -1.33. The molecule has 2 heterocycles. The van der Waals surface area contributed by atoms with Gasteiger partial charge in [0.05, 0.1) is 30.0 Å². The van der Waals surface area contributed by atoms with Crippen molar-refractivity contribution >= 4 is 22.5 Å². The molecule has 11 heteroatoms. The molecule has 0 aliphatic carbocycles. The van der Waals surface area contributed by atoms with E-state index in [2.05, 4.69) is 15.3 Å². The first-order chi connectivity index (χ1) is 16.7. The van der Waals surface area contributed by atoms with Crippen molar-refractivity contribution in [2.75, 3.05) is 12.4 Å². The molecule has 4 rings (SSSR count). The Balaban J connectivity index is 1.65. The second kappa shape index (κ2) is 9.45. The average molecular weight is 484 g/mol. The van der Waals surface area contributed by atoms with E-state index in [9.17, 15) is 27.9 Å². The lowest BCUT2D eigenvalue weighted by Crippen LogP contribution is -2.24. The molecule has 4 aromatic rings. The monoisotopic (exact) mass is 484 g/mol. The Hall–Kier alpha value is -4.41. The van der Waals surface area contributed by atoms with Crippen LogP contribution in [0.25, 0.3) is 10.9 Å². The number of methoxy groups -OCH3 is 1. The number of pyridine rings is 1. The van der Waals surface area contributed by atoms with E-state index in [1.165, 1.54) is 17.0 Å². The fourth-order valence-electron chi connectivity index (χ4n) is 3.59. The molecule has 0 unspecified atom stereocenters. The van der Waals surface area contributed by atoms with Crippen molar-refractivity contribution in [3.05, 3.63) is 88.2 Å². The number of hydrogen-bond acceptors (Lipinski definition) is 6. The van der Waals surface area contributed by atoms with E-state index in [0.717, 1.165) is 17.7 Å². The van der Waals surface area contributed by atoms with E-state index in [4.69, 9.17) is 4.74 Å². The number of ether oxygens (including phenoxy) is 1. The van der Waals surface area contributed by atoms with Crippen LogP contribution in [0.3, 0.4) is 0 Å². The first-order valence-electron chi connectivity index (χ1n) is 10.4. The highest BCUT2D eigenvalue weighted by molar-refractivity contribution is 6.07.